The summed E-state index contributed by atoms with van der Waals surface area (Å²) in [4.78, 5) is 2.34. The first-order valence-electron chi connectivity index (χ1n) is 7.10. The Bertz CT molecular complexity index is 428. The predicted octanol–water partition coefficient (Wildman–Crippen LogP) is 3.58. The van der Waals surface area contributed by atoms with Crippen molar-refractivity contribution in [1.29, 1.82) is 0 Å². The highest BCUT2D eigenvalue weighted by Gasteiger charge is 2.32. The van der Waals surface area contributed by atoms with E-state index in [-0.39, 0.29) is 6.04 Å². The first-order valence-corrected chi connectivity index (χ1v) is 7.10. The summed E-state index contributed by atoms with van der Waals surface area (Å²) < 4.78 is 37.8. The topological polar surface area (TPSA) is 29.3 Å². The van der Waals surface area contributed by atoms with Gasteiger partial charge in [0.2, 0.25) is 0 Å². The van der Waals surface area contributed by atoms with Crippen LogP contribution in [0.15, 0.2) is 24.3 Å². The van der Waals surface area contributed by atoms with Crippen LogP contribution in [0.25, 0.3) is 0 Å². The van der Waals surface area contributed by atoms with Crippen LogP contribution in [0.3, 0.4) is 0 Å². The fourth-order valence-electron chi connectivity index (χ4n) is 3.06. The van der Waals surface area contributed by atoms with Crippen LogP contribution in [0.5, 0.6) is 0 Å². The Kier molecular flexibility index (Phi) is 4.70. The van der Waals surface area contributed by atoms with Crippen LogP contribution in [0.1, 0.15) is 43.4 Å². The molecule has 0 radical (unpaired) electrons. The van der Waals surface area contributed by atoms with Crippen LogP contribution in [0.4, 0.5) is 13.2 Å². The van der Waals surface area contributed by atoms with Gasteiger partial charge in [-0.1, -0.05) is 19.1 Å². The van der Waals surface area contributed by atoms with Gasteiger partial charge in [-0.15, -0.1) is 0 Å². The van der Waals surface area contributed by atoms with Gasteiger partial charge < -0.3 is 5.73 Å². The molecule has 1 aliphatic rings. The van der Waals surface area contributed by atoms with Gasteiger partial charge >= 0.3 is 6.18 Å². The van der Waals surface area contributed by atoms with Crippen LogP contribution >= 0.6 is 0 Å². The molecule has 2 rings (SSSR count). The molecule has 2 N–H and O–H groups in total. The Morgan fingerprint density at radius 1 is 1.30 bits per heavy atom. The summed E-state index contributed by atoms with van der Waals surface area (Å²) in [6.45, 7) is 3.55. The van der Waals surface area contributed by atoms with Gasteiger partial charge in [0.1, 0.15) is 0 Å². The van der Waals surface area contributed by atoms with E-state index in [2.05, 4.69) is 11.8 Å². The maximum atomic E-state index is 12.6. The lowest BCUT2D eigenvalue weighted by molar-refractivity contribution is -0.137. The monoisotopic (exact) mass is 286 g/mol. The molecule has 5 heteroatoms. The summed E-state index contributed by atoms with van der Waals surface area (Å²) >= 11 is 0. The second-order valence-electron chi connectivity index (χ2n) is 5.31. The molecule has 0 aromatic heterocycles. The van der Waals surface area contributed by atoms with Gasteiger partial charge in [-0.05, 0) is 43.5 Å². The van der Waals surface area contributed by atoms with E-state index in [0.29, 0.717) is 12.6 Å². The molecule has 2 unspecified atom stereocenters. The minimum atomic E-state index is -4.28. The van der Waals surface area contributed by atoms with E-state index in [4.69, 9.17) is 5.73 Å². The quantitative estimate of drug-likeness (QED) is 0.916. The number of hydrogen-bond acceptors (Lipinski definition) is 2. The molecular weight excluding hydrogens is 265 g/mol. The highest BCUT2D eigenvalue weighted by Crippen LogP contribution is 2.33. The fourth-order valence-corrected chi connectivity index (χ4v) is 3.06. The molecular formula is C15H21F3N2. The number of benzene rings is 1. The number of hydrogen-bond donors (Lipinski definition) is 1. The van der Waals surface area contributed by atoms with Crippen molar-refractivity contribution in [3.8, 4) is 0 Å². The molecule has 1 aromatic carbocycles. The van der Waals surface area contributed by atoms with Crippen LogP contribution in [-0.4, -0.2) is 24.0 Å². The smallest absolute Gasteiger partial charge is 0.329 e. The van der Waals surface area contributed by atoms with Crippen molar-refractivity contribution in [2.45, 2.75) is 44.4 Å². The second-order valence-corrected chi connectivity index (χ2v) is 5.31. The molecule has 0 saturated carbocycles. The second kappa shape index (κ2) is 6.14. The average molecular weight is 286 g/mol. The summed E-state index contributed by atoms with van der Waals surface area (Å²) in [6.07, 6.45) is -0.948. The summed E-state index contributed by atoms with van der Waals surface area (Å²) in [6, 6.07) is 5.93. The summed E-state index contributed by atoms with van der Waals surface area (Å²) in [5.74, 6) is 0. The van der Waals surface area contributed by atoms with E-state index in [9.17, 15) is 13.2 Å². The van der Waals surface area contributed by atoms with Gasteiger partial charge in [-0.2, -0.15) is 13.2 Å². The molecule has 0 aliphatic carbocycles. The van der Waals surface area contributed by atoms with E-state index < -0.39 is 11.7 Å². The third-order valence-corrected chi connectivity index (χ3v) is 4.14. The number of nitrogens with zero attached hydrogens (tertiary/aromatic N) is 1. The van der Waals surface area contributed by atoms with Crippen LogP contribution in [-0.2, 0) is 6.18 Å². The molecule has 1 heterocycles. The molecule has 1 fully saturated rings. The largest absolute Gasteiger partial charge is 0.416 e. The molecule has 20 heavy (non-hydrogen) atoms. The predicted molar refractivity (Wildman–Crippen MR) is 73.3 cm³/mol. The lowest BCUT2D eigenvalue weighted by Gasteiger charge is -2.32. The summed E-state index contributed by atoms with van der Waals surface area (Å²) in [7, 11) is 0. The molecule has 1 saturated heterocycles. The lowest BCUT2D eigenvalue weighted by atomic mass is 10.0. The summed E-state index contributed by atoms with van der Waals surface area (Å²) in [5.41, 5.74) is 6.13. The van der Waals surface area contributed by atoms with Gasteiger partial charge in [0.15, 0.2) is 0 Å². The Labute approximate surface area is 117 Å². The van der Waals surface area contributed by atoms with E-state index in [1.165, 1.54) is 0 Å². The Morgan fingerprint density at radius 3 is 2.45 bits per heavy atom. The highest BCUT2D eigenvalue weighted by atomic mass is 19.4. The van der Waals surface area contributed by atoms with Crippen molar-refractivity contribution in [2.24, 2.45) is 5.73 Å². The van der Waals surface area contributed by atoms with Gasteiger partial charge in [-0.25, -0.2) is 0 Å². The van der Waals surface area contributed by atoms with Crippen molar-refractivity contribution in [3.63, 3.8) is 0 Å². The zero-order valence-corrected chi connectivity index (χ0v) is 11.7. The average Bonchev–Trinajstić information content (AvgIpc) is 2.87. The first-order chi connectivity index (χ1) is 9.47. The van der Waals surface area contributed by atoms with Crippen molar-refractivity contribution < 1.29 is 13.2 Å². The third-order valence-electron chi connectivity index (χ3n) is 4.14. The highest BCUT2D eigenvalue weighted by molar-refractivity contribution is 5.27. The maximum Gasteiger partial charge on any atom is 0.416 e. The van der Waals surface area contributed by atoms with Gasteiger partial charge in [-0.3, -0.25) is 4.90 Å². The zero-order valence-electron chi connectivity index (χ0n) is 11.7. The Morgan fingerprint density at radius 2 is 1.95 bits per heavy atom. The van der Waals surface area contributed by atoms with Crippen molar-refractivity contribution in [1.82, 2.24) is 4.90 Å². The molecule has 1 aromatic rings. The van der Waals surface area contributed by atoms with E-state index >= 15 is 0 Å². The number of alkyl halides is 3. The van der Waals surface area contributed by atoms with Crippen molar-refractivity contribution >= 4 is 0 Å². The van der Waals surface area contributed by atoms with Gasteiger partial charge in [0, 0.05) is 18.6 Å². The first kappa shape index (κ1) is 15.3. The standard InChI is InChI=1S/C15H21F3N2/c1-2-13-4-3-9-20(13)14(10-19)11-5-7-12(8-6-11)15(16,17)18/h5-8,13-14H,2-4,9-10,19H2,1H3. The van der Waals surface area contributed by atoms with E-state index in [1.807, 2.05) is 0 Å². The van der Waals surface area contributed by atoms with E-state index in [0.717, 1.165) is 43.5 Å². The van der Waals surface area contributed by atoms with Crippen molar-refractivity contribution in [2.75, 3.05) is 13.1 Å². The number of halogens is 3. The van der Waals surface area contributed by atoms with Crippen LogP contribution in [0, 0.1) is 0 Å². The van der Waals surface area contributed by atoms with Crippen LogP contribution in [0.2, 0.25) is 0 Å². The Hall–Kier alpha value is -1.07. The number of nitrogens with two attached hydrogens (primary N) is 1. The molecule has 112 valence electrons. The number of rotatable bonds is 4. The SMILES string of the molecule is CCC1CCCN1C(CN)c1ccc(C(F)(F)F)cc1. The van der Waals surface area contributed by atoms with Crippen LogP contribution < -0.4 is 5.73 Å². The molecule has 0 amide bonds. The lowest BCUT2D eigenvalue weighted by Crippen LogP contribution is -2.37. The Balaban J connectivity index is 2.19. The molecule has 2 atom stereocenters. The number of likely N-dealkylation sites (tertiary alicyclic amines) is 1. The summed E-state index contributed by atoms with van der Waals surface area (Å²) in [5, 5.41) is 0. The van der Waals surface area contributed by atoms with Crippen molar-refractivity contribution in [3.05, 3.63) is 35.4 Å². The third kappa shape index (κ3) is 3.15. The van der Waals surface area contributed by atoms with Gasteiger partial charge in [0.05, 0.1) is 5.56 Å². The normalized spacial score (nSPS) is 22.1. The fraction of sp³-hybridized carbons (Fsp3) is 0.600. The van der Waals surface area contributed by atoms with E-state index in [1.54, 1.807) is 12.1 Å². The molecule has 2 nitrogen and oxygen atoms in total. The molecule has 1 aliphatic heterocycles. The maximum absolute atomic E-state index is 12.6. The van der Waals surface area contributed by atoms with Gasteiger partial charge in [0.25, 0.3) is 0 Å². The molecule has 0 spiro atoms. The zero-order chi connectivity index (χ0) is 14.8. The molecule has 0 bridgehead atoms. The minimum absolute atomic E-state index is 0.0183. The minimum Gasteiger partial charge on any atom is -0.329 e.